The lowest BCUT2D eigenvalue weighted by molar-refractivity contribution is -0.121. The van der Waals surface area contributed by atoms with Crippen molar-refractivity contribution in [1.82, 2.24) is 0 Å². The molecule has 0 unspecified atom stereocenters. The van der Waals surface area contributed by atoms with Crippen molar-refractivity contribution < 1.29 is 14.3 Å². The first-order valence-electron chi connectivity index (χ1n) is 5.34. The Hall–Kier alpha value is -0.483. The van der Waals surface area contributed by atoms with Gasteiger partial charge in [-0.1, -0.05) is 33.9 Å². The van der Waals surface area contributed by atoms with Crippen molar-refractivity contribution in [3.05, 3.63) is 0 Å². The fourth-order valence-corrected chi connectivity index (χ4v) is 3.19. The normalized spacial score (nSPS) is 23.3. The Morgan fingerprint density at radius 3 is 2.27 bits per heavy atom. The van der Waals surface area contributed by atoms with Gasteiger partial charge in [-0.05, 0) is 5.04 Å². The maximum absolute atomic E-state index is 12.2. The van der Waals surface area contributed by atoms with Crippen LogP contribution in [0.25, 0.3) is 0 Å². The quantitative estimate of drug-likeness (QED) is 0.679. The summed E-state index contributed by atoms with van der Waals surface area (Å²) in [6.45, 7) is 10.5. The molecule has 1 atom stereocenters. The van der Waals surface area contributed by atoms with Crippen LogP contribution in [0.4, 0.5) is 0 Å². The van der Waals surface area contributed by atoms with Crippen molar-refractivity contribution in [3.8, 4) is 0 Å². The number of hydrogen-bond donors (Lipinski definition) is 0. The van der Waals surface area contributed by atoms with E-state index >= 15 is 0 Å². The Kier molecular flexibility index (Phi) is 3.21. The van der Waals surface area contributed by atoms with Crippen molar-refractivity contribution in [1.29, 1.82) is 0 Å². The van der Waals surface area contributed by atoms with Gasteiger partial charge in [0, 0.05) is 6.42 Å². The number of rotatable bonds is 2. The molecule has 0 bridgehead atoms. The molecule has 4 heteroatoms. The molecule has 0 aromatic carbocycles. The standard InChI is InChI=1S/C11H20O3Si/c1-11(2,3)15(4,5)10(13)9-6-8(12)7-14-9/h9H,6-7H2,1-5H3/t9-/m0/s1. The van der Waals surface area contributed by atoms with Gasteiger partial charge in [-0.3, -0.25) is 4.79 Å². The maximum Gasteiger partial charge on any atom is 0.161 e. The molecule has 86 valence electrons. The van der Waals surface area contributed by atoms with E-state index in [1.54, 1.807) is 0 Å². The van der Waals surface area contributed by atoms with E-state index in [0.717, 1.165) is 0 Å². The van der Waals surface area contributed by atoms with Crippen LogP contribution in [0.1, 0.15) is 27.2 Å². The molecule has 0 aromatic rings. The van der Waals surface area contributed by atoms with Crippen molar-refractivity contribution in [2.45, 2.75) is 51.4 Å². The van der Waals surface area contributed by atoms with E-state index in [0.29, 0.717) is 0 Å². The Balaban J connectivity index is 2.80. The molecular weight excluding hydrogens is 208 g/mol. The van der Waals surface area contributed by atoms with Crippen LogP contribution in [0, 0.1) is 0 Å². The zero-order valence-electron chi connectivity index (χ0n) is 10.2. The first-order valence-corrected chi connectivity index (χ1v) is 8.34. The van der Waals surface area contributed by atoms with E-state index in [1.165, 1.54) is 0 Å². The highest BCUT2D eigenvalue weighted by Gasteiger charge is 2.47. The number of ether oxygens (including phenoxy) is 1. The van der Waals surface area contributed by atoms with Crippen LogP contribution in [0.5, 0.6) is 0 Å². The Morgan fingerprint density at radius 2 is 1.93 bits per heavy atom. The van der Waals surface area contributed by atoms with Crippen molar-refractivity contribution in [2.24, 2.45) is 0 Å². The SMILES string of the molecule is CC(C)(C)[Si](C)(C)C(=O)[C@@H]1CC(=O)CO1. The topological polar surface area (TPSA) is 43.4 Å². The minimum absolute atomic E-state index is 0.0130. The lowest BCUT2D eigenvalue weighted by atomic mass is 10.2. The second kappa shape index (κ2) is 3.83. The number of carbonyl (C=O) groups is 2. The van der Waals surface area contributed by atoms with E-state index in [1.807, 2.05) is 0 Å². The first-order chi connectivity index (χ1) is 6.66. The largest absolute Gasteiger partial charge is 0.363 e. The molecule has 1 aliphatic rings. The van der Waals surface area contributed by atoms with E-state index in [4.69, 9.17) is 4.74 Å². The lowest BCUT2D eigenvalue weighted by Gasteiger charge is -2.36. The predicted molar refractivity (Wildman–Crippen MR) is 61.6 cm³/mol. The molecule has 1 heterocycles. The van der Waals surface area contributed by atoms with E-state index in [9.17, 15) is 9.59 Å². The summed E-state index contributed by atoms with van der Waals surface area (Å²) in [5.74, 6) is 0.0482. The van der Waals surface area contributed by atoms with Crippen LogP contribution in [0.3, 0.4) is 0 Å². The minimum atomic E-state index is -2.02. The van der Waals surface area contributed by atoms with Crippen LogP contribution >= 0.6 is 0 Å². The number of ketones is 1. The summed E-state index contributed by atoms with van der Waals surface area (Å²) in [6, 6.07) is 0. The Morgan fingerprint density at radius 1 is 1.40 bits per heavy atom. The first kappa shape index (κ1) is 12.6. The molecule has 0 saturated carbocycles. The van der Waals surface area contributed by atoms with Crippen molar-refractivity contribution in [3.63, 3.8) is 0 Å². The molecule has 0 amide bonds. The van der Waals surface area contributed by atoms with Crippen molar-refractivity contribution >= 4 is 19.3 Å². The van der Waals surface area contributed by atoms with Crippen LogP contribution < -0.4 is 0 Å². The third-order valence-electron chi connectivity index (χ3n) is 3.64. The summed E-state index contributed by atoms with van der Waals surface area (Å²) in [7, 11) is -2.02. The van der Waals surface area contributed by atoms with Gasteiger partial charge in [-0.25, -0.2) is 0 Å². The lowest BCUT2D eigenvalue weighted by Crippen LogP contribution is -2.51. The average molecular weight is 228 g/mol. The molecule has 1 saturated heterocycles. The molecule has 0 N–H and O–H groups in total. The third-order valence-corrected chi connectivity index (χ3v) is 8.95. The molecule has 3 nitrogen and oxygen atoms in total. The molecule has 1 fully saturated rings. The summed E-state index contributed by atoms with van der Waals surface area (Å²) >= 11 is 0. The third kappa shape index (κ3) is 2.37. The number of carbonyl (C=O) groups excluding carboxylic acids is 2. The second-order valence-corrected chi connectivity index (χ2v) is 11.0. The highest BCUT2D eigenvalue weighted by atomic mass is 28.3. The fourth-order valence-electron chi connectivity index (χ4n) is 1.46. The summed E-state index contributed by atoms with van der Waals surface area (Å²) in [4.78, 5) is 23.3. The molecule has 1 aliphatic heterocycles. The van der Waals surface area contributed by atoms with E-state index in [2.05, 4.69) is 33.9 Å². The fraction of sp³-hybridized carbons (Fsp3) is 0.818. The van der Waals surface area contributed by atoms with Gasteiger partial charge in [0.1, 0.15) is 26.2 Å². The van der Waals surface area contributed by atoms with Crippen molar-refractivity contribution in [2.75, 3.05) is 6.61 Å². The molecule has 0 aliphatic carbocycles. The number of Topliss-reactive ketones (excluding diaryl/α,β-unsaturated/α-hetero) is 1. The van der Waals surface area contributed by atoms with Crippen LogP contribution in [-0.4, -0.2) is 32.0 Å². The summed E-state index contributed by atoms with van der Waals surface area (Å²) < 4.78 is 5.24. The zero-order chi connectivity index (χ0) is 11.9. The molecule has 1 rings (SSSR count). The number of hydrogen-bond acceptors (Lipinski definition) is 3. The highest BCUT2D eigenvalue weighted by molar-refractivity contribution is 7.06. The van der Waals surface area contributed by atoms with Crippen LogP contribution in [0.2, 0.25) is 18.1 Å². The van der Waals surface area contributed by atoms with E-state index in [-0.39, 0.29) is 29.3 Å². The summed E-state index contributed by atoms with van der Waals surface area (Å²) in [5, 5.41) is 0.194. The maximum atomic E-state index is 12.2. The Labute approximate surface area is 92.2 Å². The van der Waals surface area contributed by atoms with Crippen LogP contribution in [0.15, 0.2) is 0 Å². The van der Waals surface area contributed by atoms with Gasteiger partial charge in [-0.2, -0.15) is 0 Å². The zero-order valence-corrected chi connectivity index (χ0v) is 11.2. The molecule has 0 spiro atoms. The van der Waals surface area contributed by atoms with E-state index < -0.39 is 14.2 Å². The van der Waals surface area contributed by atoms with Gasteiger partial charge < -0.3 is 9.53 Å². The van der Waals surface area contributed by atoms with Gasteiger partial charge in [0.15, 0.2) is 5.78 Å². The minimum Gasteiger partial charge on any atom is -0.363 e. The van der Waals surface area contributed by atoms with Gasteiger partial charge in [-0.15, -0.1) is 0 Å². The monoisotopic (exact) mass is 228 g/mol. The van der Waals surface area contributed by atoms with Crippen LogP contribution in [-0.2, 0) is 14.3 Å². The van der Waals surface area contributed by atoms with Gasteiger partial charge in [0.05, 0.1) is 0 Å². The van der Waals surface area contributed by atoms with Gasteiger partial charge >= 0.3 is 0 Å². The Bertz CT molecular complexity index is 289. The summed E-state index contributed by atoms with van der Waals surface area (Å²) in [6.07, 6.45) is -0.177. The average Bonchev–Trinajstić information content (AvgIpc) is 2.48. The second-order valence-electron chi connectivity index (χ2n) is 5.78. The predicted octanol–water partition coefficient (Wildman–Crippen LogP) is 1.96. The summed E-state index contributed by atoms with van der Waals surface area (Å²) in [5.41, 5.74) is 0. The molecule has 0 aromatic heterocycles. The highest BCUT2D eigenvalue weighted by Crippen LogP contribution is 2.38. The molecule has 0 radical (unpaired) electrons. The van der Waals surface area contributed by atoms with Gasteiger partial charge in [0.2, 0.25) is 0 Å². The smallest absolute Gasteiger partial charge is 0.161 e. The molecular formula is C11H20O3Si. The van der Waals surface area contributed by atoms with Gasteiger partial charge in [0.25, 0.3) is 0 Å². The molecule has 15 heavy (non-hydrogen) atoms.